The van der Waals surface area contributed by atoms with E-state index < -0.39 is 18.5 Å². The molecular weight excluding hydrogens is 212 g/mol. The molecule has 0 aromatic heterocycles. The van der Waals surface area contributed by atoms with Crippen molar-refractivity contribution in [3.8, 4) is 5.75 Å². The number of hydrogen-bond donors (Lipinski definition) is 2. The van der Waals surface area contributed by atoms with Crippen molar-refractivity contribution in [1.29, 1.82) is 0 Å². The Morgan fingerprint density at radius 1 is 1.25 bits per heavy atom. The van der Waals surface area contributed by atoms with E-state index in [1.807, 2.05) is 0 Å². The summed E-state index contributed by atoms with van der Waals surface area (Å²) in [5, 5.41) is 16.9. The topological polar surface area (TPSA) is 83.8 Å². The van der Waals surface area contributed by atoms with E-state index >= 15 is 0 Å². The molecule has 16 heavy (non-hydrogen) atoms. The van der Waals surface area contributed by atoms with Crippen molar-refractivity contribution in [3.63, 3.8) is 0 Å². The van der Waals surface area contributed by atoms with Crippen molar-refractivity contribution in [2.24, 2.45) is 0 Å². The van der Waals surface area contributed by atoms with E-state index in [4.69, 9.17) is 14.9 Å². The molecule has 0 saturated carbocycles. The summed E-state index contributed by atoms with van der Waals surface area (Å²) in [5.74, 6) is -1.83. The van der Waals surface area contributed by atoms with E-state index in [0.717, 1.165) is 6.08 Å². The highest BCUT2D eigenvalue weighted by molar-refractivity contribution is 5.85. The van der Waals surface area contributed by atoms with Crippen molar-refractivity contribution in [2.45, 2.75) is 0 Å². The Bertz CT molecular complexity index is 422. The molecule has 0 saturated heterocycles. The highest BCUT2D eigenvalue weighted by atomic mass is 16.5. The lowest BCUT2D eigenvalue weighted by Crippen LogP contribution is -2.09. The molecule has 0 spiro atoms. The van der Waals surface area contributed by atoms with Gasteiger partial charge in [-0.2, -0.15) is 0 Å². The summed E-state index contributed by atoms with van der Waals surface area (Å²) in [4.78, 5) is 20.6. The van der Waals surface area contributed by atoms with Gasteiger partial charge >= 0.3 is 11.9 Å². The molecule has 0 aliphatic heterocycles. The molecule has 0 heterocycles. The minimum atomic E-state index is -1.09. The van der Waals surface area contributed by atoms with Gasteiger partial charge in [-0.15, -0.1) is 0 Å². The molecule has 0 atom stereocenters. The van der Waals surface area contributed by atoms with E-state index in [1.54, 1.807) is 24.3 Å². The number of benzene rings is 1. The van der Waals surface area contributed by atoms with Gasteiger partial charge in [0.1, 0.15) is 5.75 Å². The molecule has 0 unspecified atom stereocenters. The van der Waals surface area contributed by atoms with Crippen LogP contribution in [0.4, 0.5) is 0 Å². The minimum absolute atomic E-state index is 0.336. The van der Waals surface area contributed by atoms with Gasteiger partial charge < -0.3 is 14.9 Å². The van der Waals surface area contributed by atoms with E-state index in [-0.39, 0.29) is 0 Å². The Morgan fingerprint density at radius 2 is 1.94 bits per heavy atom. The summed E-state index contributed by atoms with van der Waals surface area (Å²) >= 11 is 0. The zero-order valence-corrected chi connectivity index (χ0v) is 8.29. The smallest absolute Gasteiger partial charge is 0.341 e. The van der Waals surface area contributed by atoms with Gasteiger partial charge in [-0.05, 0) is 12.1 Å². The number of ether oxygens (including phenoxy) is 1. The van der Waals surface area contributed by atoms with Crippen LogP contribution in [-0.2, 0) is 9.59 Å². The summed E-state index contributed by atoms with van der Waals surface area (Å²) in [6, 6.07) is 6.59. The van der Waals surface area contributed by atoms with E-state index in [1.165, 1.54) is 6.08 Å². The molecule has 1 rings (SSSR count). The van der Waals surface area contributed by atoms with E-state index in [0.29, 0.717) is 11.3 Å². The maximum Gasteiger partial charge on any atom is 0.341 e. The lowest BCUT2D eigenvalue weighted by Gasteiger charge is -2.05. The summed E-state index contributed by atoms with van der Waals surface area (Å²) in [6.07, 6.45) is 2.31. The van der Waals surface area contributed by atoms with Gasteiger partial charge in [-0.25, -0.2) is 9.59 Å². The molecule has 1 aromatic carbocycles. The fourth-order valence-electron chi connectivity index (χ4n) is 1.05. The van der Waals surface area contributed by atoms with Crippen molar-refractivity contribution in [2.75, 3.05) is 6.61 Å². The van der Waals surface area contributed by atoms with Gasteiger partial charge in [0.2, 0.25) is 0 Å². The fourth-order valence-corrected chi connectivity index (χ4v) is 1.05. The predicted molar refractivity (Wildman–Crippen MR) is 56.2 cm³/mol. The van der Waals surface area contributed by atoms with Crippen LogP contribution in [0.15, 0.2) is 30.3 Å². The molecule has 5 heteroatoms. The van der Waals surface area contributed by atoms with Crippen molar-refractivity contribution in [1.82, 2.24) is 0 Å². The lowest BCUT2D eigenvalue weighted by molar-refractivity contribution is -0.139. The summed E-state index contributed by atoms with van der Waals surface area (Å²) < 4.78 is 4.99. The number of carboxylic acid groups (broad SMARTS) is 2. The number of para-hydroxylation sites is 1. The summed E-state index contributed by atoms with van der Waals surface area (Å²) in [7, 11) is 0. The quantitative estimate of drug-likeness (QED) is 0.732. The van der Waals surface area contributed by atoms with Crippen LogP contribution in [-0.4, -0.2) is 28.8 Å². The fraction of sp³-hybridized carbons (Fsp3) is 0.0909. The second-order valence-electron chi connectivity index (χ2n) is 2.89. The average molecular weight is 222 g/mol. The van der Waals surface area contributed by atoms with Crippen LogP contribution >= 0.6 is 0 Å². The first kappa shape index (κ1) is 11.8. The maximum absolute atomic E-state index is 10.3. The first-order valence-electron chi connectivity index (χ1n) is 4.44. The third kappa shape index (κ3) is 3.83. The number of rotatable bonds is 5. The Kier molecular flexibility index (Phi) is 4.08. The molecule has 0 amide bonds. The number of carboxylic acids is 2. The van der Waals surface area contributed by atoms with Gasteiger partial charge in [-0.3, -0.25) is 0 Å². The van der Waals surface area contributed by atoms with Crippen LogP contribution in [0.2, 0.25) is 0 Å². The van der Waals surface area contributed by atoms with E-state index in [9.17, 15) is 9.59 Å². The molecule has 0 aliphatic rings. The molecular formula is C11H10O5. The average Bonchev–Trinajstić information content (AvgIpc) is 2.24. The lowest BCUT2D eigenvalue weighted by atomic mass is 10.2. The van der Waals surface area contributed by atoms with Crippen LogP contribution in [0.1, 0.15) is 5.56 Å². The highest BCUT2D eigenvalue weighted by Crippen LogP contribution is 2.19. The predicted octanol–water partition coefficient (Wildman–Crippen LogP) is 1.25. The van der Waals surface area contributed by atoms with Gasteiger partial charge in [0, 0.05) is 11.6 Å². The van der Waals surface area contributed by atoms with Gasteiger partial charge in [0.15, 0.2) is 6.61 Å². The van der Waals surface area contributed by atoms with Gasteiger partial charge in [-0.1, -0.05) is 18.2 Å². The molecule has 0 fully saturated rings. The van der Waals surface area contributed by atoms with Gasteiger partial charge in [0.25, 0.3) is 0 Å². The molecule has 0 bridgehead atoms. The Balaban J connectivity index is 2.83. The minimum Gasteiger partial charge on any atom is -0.481 e. The number of hydrogen-bond acceptors (Lipinski definition) is 3. The third-order valence-corrected chi connectivity index (χ3v) is 1.68. The summed E-state index contributed by atoms with van der Waals surface area (Å²) in [6.45, 7) is -0.460. The van der Waals surface area contributed by atoms with Crippen LogP contribution < -0.4 is 4.74 Å². The zero-order valence-electron chi connectivity index (χ0n) is 8.29. The second kappa shape index (κ2) is 5.55. The first-order chi connectivity index (χ1) is 7.59. The molecule has 0 aliphatic carbocycles. The number of carbonyl (C=O) groups is 2. The second-order valence-corrected chi connectivity index (χ2v) is 2.89. The monoisotopic (exact) mass is 222 g/mol. The van der Waals surface area contributed by atoms with Crippen LogP contribution in [0.3, 0.4) is 0 Å². The first-order valence-corrected chi connectivity index (χ1v) is 4.44. The van der Waals surface area contributed by atoms with Crippen LogP contribution in [0.25, 0.3) is 6.08 Å². The molecule has 2 N–H and O–H groups in total. The largest absolute Gasteiger partial charge is 0.481 e. The Hall–Kier alpha value is -2.30. The van der Waals surface area contributed by atoms with Crippen molar-refractivity contribution >= 4 is 18.0 Å². The van der Waals surface area contributed by atoms with Crippen molar-refractivity contribution in [3.05, 3.63) is 35.9 Å². The maximum atomic E-state index is 10.3. The standard InChI is InChI=1S/C11H10O5/c12-10(13)6-5-8-3-1-2-4-9(8)16-7-11(14)15/h1-6H,7H2,(H,12,13)(H,14,15). The highest BCUT2D eigenvalue weighted by Gasteiger charge is 2.03. The third-order valence-electron chi connectivity index (χ3n) is 1.68. The molecule has 0 radical (unpaired) electrons. The van der Waals surface area contributed by atoms with Gasteiger partial charge in [0.05, 0.1) is 0 Å². The van der Waals surface area contributed by atoms with E-state index in [2.05, 4.69) is 0 Å². The molecule has 1 aromatic rings. The molecule has 5 nitrogen and oxygen atoms in total. The summed E-state index contributed by atoms with van der Waals surface area (Å²) in [5.41, 5.74) is 0.520. The van der Waals surface area contributed by atoms with Crippen molar-refractivity contribution < 1.29 is 24.5 Å². The zero-order chi connectivity index (χ0) is 12.0. The molecule has 84 valence electrons. The van der Waals surface area contributed by atoms with Crippen LogP contribution in [0, 0.1) is 0 Å². The normalized spacial score (nSPS) is 10.2. The Labute approximate surface area is 91.6 Å². The SMILES string of the molecule is O=C(O)C=Cc1ccccc1OCC(=O)O. The number of aliphatic carboxylic acids is 2. The van der Waals surface area contributed by atoms with Crippen LogP contribution in [0.5, 0.6) is 5.75 Å². The Morgan fingerprint density at radius 3 is 2.56 bits per heavy atom.